The van der Waals surface area contributed by atoms with Crippen LogP contribution in [-0.4, -0.2) is 47.9 Å². The molecule has 0 radical (unpaired) electrons. The van der Waals surface area contributed by atoms with Crippen molar-refractivity contribution in [1.82, 2.24) is 9.88 Å². The number of piperidine rings is 1. The van der Waals surface area contributed by atoms with E-state index in [9.17, 15) is 9.59 Å². The van der Waals surface area contributed by atoms with Crippen molar-refractivity contribution in [2.24, 2.45) is 0 Å². The molecule has 1 N–H and O–H groups in total. The van der Waals surface area contributed by atoms with Crippen molar-refractivity contribution in [3.8, 4) is 5.75 Å². The number of aromatic nitrogens is 1. The van der Waals surface area contributed by atoms with Crippen molar-refractivity contribution in [3.63, 3.8) is 0 Å². The molecule has 2 saturated heterocycles. The van der Waals surface area contributed by atoms with E-state index < -0.39 is 0 Å². The van der Waals surface area contributed by atoms with Crippen molar-refractivity contribution in [2.45, 2.75) is 31.2 Å². The first-order chi connectivity index (χ1) is 14.7. The van der Waals surface area contributed by atoms with E-state index in [1.807, 2.05) is 18.2 Å². The van der Waals surface area contributed by atoms with Crippen LogP contribution in [0, 0.1) is 0 Å². The molecule has 1 atom stereocenters. The summed E-state index contributed by atoms with van der Waals surface area (Å²) in [5, 5.41) is 1.28. The molecule has 3 aromatic rings. The normalized spacial score (nSPS) is 21.0. The molecule has 0 saturated carbocycles. The first-order valence-electron chi connectivity index (χ1n) is 10.5. The Labute approximate surface area is 175 Å². The minimum atomic E-state index is -0.383. The lowest BCUT2D eigenvalue weighted by Gasteiger charge is -2.34. The Balaban J connectivity index is 1.31. The molecule has 6 heteroatoms. The van der Waals surface area contributed by atoms with Crippen molar-refractivity contribution in [2.75, 3.05) is 25.1 Å². The van der Waals surface area contributed by atoms with Crippen LogP contribution in [0.4, 0.5) is 5.69 Å². The predicted molar refractivity (Wildman–Crippen MR) is 116 cm³/mol. The van der Waals surface area contributed by atoms with Gasteiger partial charge in [0, 0.05) is 17.1 Å². The van der Waals surface area contributed by atoms with Gasteiger partial charge >= 0.3 is 0 Å². The number of carbonyl (C=O) groups excluding carboxylic acids is 2. The molecule has 0 unspecified atom stereocenters. The number of methoxy groups -OCH3 is 1. The maximum absolute atomic E-state index is 13.2. The Bertz CT molecular complexity index is 1100. The lowest BCUT2D eigenvalue weighted by atomic mass is 9.88. The third-order valence-corrected chi connectivity index (χ3v) is 6.48. The minimum Gasteiger partial charge on any atom is -0.495 e. The molecule has 6 nitrogen and oxygen atoms in total. The standard InChI is InChI=1S/C24H25N3O3/c1-30-22-9-5-4-8-20(22)27-23(28)14-21(24(27)29)26-12-10-16(11-13-26)18-15-25-19-7-3-2-6-17(18)19/h2-9,15-16,21,25H,10-14H2,1H3/t21-/m0/s1. The Morgan fingerprint density at radius 2 is 1.73 bits per heavy atom. The van der Waals surface area contributed by atoms with E-state index in [2.05, 4.69) is 34.3 Å². The Morgan fingerprint density at radius 3 is 2.53 bits per heavy atom. The molecule has 30 heavy (non-hydrogen) atoms. The zero-order valence-corrected chi connectivity index (χ0v) is 17.0. The first kappa shape index (κ1) is 18.9. The number of hydrogen-bond acceptors (Lipinski definition) is 4. The molecular weight excluding hydrogens is 378 g/mol. The van der Waals surface area contributed by atoms with Crippen LogP contribution in [0.25, 0.3) is 10.9 Å². The van der Waals surface area contributed by atoms with Gasteiger partial charge in [0.25, 0.3) is 5.91 Å². The molecule has 0 bridgehead atoms. The van der Waals surface area contributed by atoms with E-state index in [-0.39, 0.29) is 24.3 Å². The van der Waals surface area contributed by atoms with Gasteiger partial charge in [-0.2, -0.15) is 0 Å². The third-order valence-electron chi connectivity index (χ3n) is 6.48. The highest BCUT2D eigenvalue weighted by atomic mass is 16.5. The summed E-state index contributed by atoms with van der Waals surface area (Å²) in [6.45, 7) is 1.63. The number of hydrogen-bond donors (Lipinski definition) is 1. The number of imide groups is 1. The SMILES string of the molecule is COc1ccccc1N1C(=O)C[C@H](N2CCC(c3c[nH]c4ccccc34)CC2)C1=O. The summed E-state index contributed by atoms with van der Waals surface area (Å²) in [5.41, 5.74) is 3.06. The lowest BCUT2D eigenvalue weighted by molar-refractivity contribution is -0.123. The smallest absolute Gasteiger partial charge is 0.251 e. The van der Waals surface area contributed by atoms with Gasteiger partial charge in [-0.15, -0.1) is 0 Å². The van der Waals surface area contributed by atoms with Crippen LogP contribution < -0.4 is 9.64 Å². The number of anilines is 1. The maximum Gasteiger partial charge on any atom is 0.251 e. The molecule has 2 aliphatic rings. The quantitative estimate of drug-likeness (QED) is 0.675. The van der Waals surface area contributed by atoms with Crippen LogP contribution in [0.15, 0.2) is 54.7 Å². The molecule has 2 aliphatic heterocycles. The van der Waals surface area contributed by atoms with Gasteiger partial charge < -0.3 is 9.72 Å². The van der Waals surface area contributed by atoms with E-state index in [1.165, 1.54) is 21.4 Å². The molecule has 5 rings (SSSR count). The number of ether oxygens (including phenoxy) is 1. The van der Waals surface area contributed by atoms with Crippen molar-refractivity contribution in [1.29, 1.82) is 0 Å². The second-order valence-corrected chi connectivity index (χ2v) is 8.06. The van der Waals surface area contributed by atoms with Gasteiger partial charge in [-0.25, -0.2) is 4.90 Å². The first-order valence-corrected chi connectivity index (χ1v) is 10.5. The fourth-order valence-electron chi connectivity index (χ4n) is 4.92. The number of benzene rings is 2. The average molecular weight is 403 g/mol. The molecule has 2 fully saturated rings. The van der Waals surface area contributed by atoms with Crippen LogP contribution in [-0.2, 0) is 9.59 Å². The second kappa shape index (κ2) is 7.61. The number of nitrogens with one attached hydrogen (secondary N) is 1. The van der Waals surface area contributed by atoms with Gasteiger partial charge in [-0.3, -0.25) is 14.5 Å². The number of nitrogens with zero attached hydrogens (tertiary/aromatic N) is 2. The molecule has 0 spiro atoms. The zero-order chi connectivity index (χ0) is 20.7. The summed E-state index contributed by atoms with van der Waals surface area (Å²) in [5.74, 6) is 0.705. The van der Waals surface area contributed by atoms with E-state index in [0.717, 1.165) is 25.9 Å². The lowest BCUT2D eigenvalue weighted by Crippen LogP contribution is -2.45. The van der Waals surface area contributed by atoms with Gasteiger partial charge in [-0.1, -0.05) is 30.3 Å². The summed E-state index contributed by atoms with van der Waals surface area (Å²) in [6, 6.07) is 15.2. The summed E-state index contributed by atoms with van der Waals surface area (Å²) in [6.07, 6.45) is 4.32. The molecular formula is C24H25N3O3. The largest absolute Gasteiger partial charge is 0.495 e. The van der Waals surface area contributed by atoms with Crippen molar-refractivity contribution >= 4 is 28.4 Å². The van der Waals surface area contributed by atoms with E-state index in [1.54, 1.807) is 19.2 Å². The number of likely N-dealkylation sites (tertiary alicyclic amines) is 1. The molecule has 2 aromatic carbocycles. The van der Waals surface area contributed by atoms with Crippen LogP contribution in [0.5, 0.6) is 5.75 Å². The molecule has 2 amide bonds. The van der Waals surface area contributed by atoms with Crippen LogP contribution in [0.1, 0.15) is 30.7 Å². The monoisotopic (exact) mass is 403 g/mol. The molecule has 1 aromatic heterocycles. The number of amides is 2. The zero-order valence-electron chi connectivity index (χ0n) is 17.0. The molecule has 154 valence electrons. The Morgan fingerprint density at radius 1 is 1.00 bits per heavy atom. The number of carbonyl (C=O) groups is 2. The molecule has 0 aliphatic carbocycles. The molecule has 3 heterocycles. The minimum absolute atomic E-state index is 0.143. The summed E-state index contributed by atoms with van der Waals surface area (Å²) in [7, 11) is 1.55. The Hall–Kier alpha value is -3.12. The van der Waals surface area contributed by atoms with Crippen LogP contribution in [0.2, 0.25) is 0 Å². The highest BCUT2D eigenvalue weighted by molar-refractivity contribution is 6.23. The van der Waals surface area contributed by atoms with Gasteiger partial charge in [0.1, 0.15) is 5.75 Å². The number of aromatic amines is 1. The topological polar surface area (TPSA) is 65.6 Å². The van der Waals surface area contributed by atoms with E-state index in [0.29, 0.717) is 17.4 Å². The van der Waals surface area contributed by atoms with Gasteiger partial charge in [0.05, 0.1) is 25.3 Å². The fraction of sp³-hybridized carbons (Fsp3) is 0.333. The second-order valence-electron chi connectivity index (χ2n) is 8.06. The number of H-pyrrole nitrogens is 1. The number of para-hydroxylation sites is 3. The van der Waals surface area contributed by atoms with Crippen LogP contribution in [0.3, 0.4) is 0 Å². The average Bonchev–Trinajstić information content (AvgIpc) is 3.34. The Kier molecular flexibility index (Phi) is 4.79. The number of rotatable bonds is 4. The van der Waals surface area contributed by atoms with Gasteiger partial charge in [0.2, 0.25) is 5.91 Å². The van der Waals surface area contributed by atoms with E-state index in [4.69, 9.17) is 4.74 Å². The van der Waals surface area contributed by atoms with Gasteiger partial charge in [0.15, 0.2) is 0 Å². The van der Waals surface area contributed by atoms with E-state index >= 15 is 0 Å². The van der Waals surface area contributed by atoms with Crippen molar-refractivity contribution < 1.29 is 14.3 Å². The maximum atomic E-state index is 13.2. The summed E-state index contributed by atoms with van der Waals surface area (Å²) >= 11 is 0. The van der Waals surface area contributed by atoms with Crippen LogP contribution >= 0.6 is 0 Å². The third kappa shape index (κ3) is 3.08. The highest BCUT2D eigenvalue weighted by Crippen LogP contribution is 2.37. The van der Waals surface area contributed by atoms with Gasteiger partial charge in [-0.05, 0) is 55.6 Å². The van der Waals surface area contributed by atoms with Crippen molar-refractivity contribution in [3.05, 3.63) is 60.3 Å². The summed E-state index contributed by atoms with van der Waals surface area (Å²) < 4.78 is 5.36. The fourth-order valence-corrected chi connectivity index (χ4v) is 4.92. The number of fused-ring (bicyclic) bond motifs is 1. The highest BCUT2D eigenvalue weighted by Gasteiger charge is 2.44. The summed E-state index contributed by atoms with van der Waals surface area (Å²) in [4.78, 5) is 32.7. The predicted octanol–water partition coefficient (Wildman–Crippen LogP) is 3.69.